The molecule has 2 heterocycles. The van der Waals surface area contributed by atoms with Gasteiger partial charge in [0.25, 0.3) is 5.92 Å². The van der Waals surface area contributed by atoms with Crippen LogP contribution in [-0.2, 0) is 0 Å². The van der Waals surface area contributed by atoms with Crippen LogP contribution in [0.15, 0.2) is 0 Å². The lowest BCUT2D eigenvalue weighted by Crippen LogP contribution is -2.53. The van der Waals surface area contributed by atoms with Crippen molar-refractivity contribution in [3.8, 4) is 0 Å². The fourth-order valence-corrected chi connectivity index (χ4v) is 3.16. The average molecular weight is 293 g/mol. The summed E-state index contributed by atoms with van der Waals surface area (Å²) >= 11 is 1.71. The van der Waals surface area contributed by atoms with E-state index in [1.807, 2.05) is 6.26 Å². The number of carbonyl (C=O) groups excluding carboxylic acids is 1. The van der Waals surface area contributed by atoms with E-state index in [2.05, 4.69) is 9.62 Å². The number of rotatable bonds is 2. The van der Waals surface area contributed by atoms with Gasteiger partial charge in [-0.1, -0.05) is 11.9 Å². The molecule has 2 saturated heterocycles. The van der Waals surface area contributed by atoms with Crippen LogP contribution in [0.5, 0.6) is 0 Å². The van der Waals surface area contributed by atoms with Crippen molar-refractivity contribution in [2.45, 2.75) is 37.6 Å². The number of likely N-dealkylation sites (tertiary alicyclic amines) is 1. The number of nitrogens with one attached hydrogen (secondary N) is 1. The topological polar surface area (TPSA) is 35.6 Å². The second-order valence-corrected chi connectivity index (χ2v) is 6.10. The molecule has 1 N–H and O–H groups in total. The summed E-state index contributed by atoms with van der Waals surface area (Å²) < 4.78 is 28.8. The number of alkyl halides is 2. The number of hydrogen-bond donors (Lipinski definition) is 1. The van der Waals surface area contributed by atoms with Gasteiger partial charge >= 0.3 is 6.03 Å². The summed E-state index contributed by atoms with van der Waals surface area (Å²) in [4.78, 5) is 13.2. The standard InChI is InChI=1S/C12H21F2N3OS/c1-19-17-7-3-10(4-8-17)15-11(18)16-6-2-5-12(13,14)9-16/h10H,2-9H2,1H3,(H,15,18). The Hall–Kier alpha value is -0.560. The zero-order chi connectivity index (χ0) is 13.9. The fourth-order valence-electron chi connectivity index (χ4n) is 2.59. The zero-order valence-electron chi connectivity index (χ0n) is 11.2. The molecule has 0 bridgehead atoms. The highest BCUT2D eigenvalue weighted by Gasteiger charge is 2.37. The number of piperidine rings is 2. The van der Waals surface area contributed by atoms with Crippen LogP contribution in [0.3, 0.4) is 0 Å². The Labute approximate surface area is 117 Å². The van der Waals surface area contributed by atoms with E-state index >= 15 is 0 Å². The van der Waals surface area contributed by atoms with Crippen molar-refractivity contribution < 1.29 is 13.6 Å². The lowest BCUT2D eigenvalue weighted by molar-refractivity contribution is -0.0526. The SMILES string of the molecule is CSN1CCC(NC(=O)N2CCCC(F)(F)C2)CC1. The molecule has 2 aliphatic heterocycles. The number of nitrogens with zero attached hydrogens (tertiary/aromatic N) is 2. The Kier molecular flexibility index (Phi) is 4.89. The lowest BCUT2D eigenvalue weighted by Gasteiger charge is -2.35. The van der Waals surface area contributed by atoms with Crippen LogP contribution in [-0.4, -0.2) is 59.6 Å². The number of carbonyl (C=O) groups is 1. The second kappa shape index (κ2) is 6.26. The van der Waals surface area contributed by atoms with Crippen molar-refractivity contribution in [1.29, 1.82) is 0 Å². The van der Waals surface area contributed by atoms with Gasteiger partial charge < -0.3 is 10.2 Å². The summed E-state index contributed by atoms with van der Waals surface area (Å²) in [6.45, 7) is 1.86. The van der Waals surface area contributed by atoms with Crippen molar-refractivity contribution in [1.82, 2.24) is 14.5 Å². The first-order chi connectivity index (χ1) is 9.00. The molecule has 0 spiro atoms. The normalized spacial score (nSPS) is 25.3. The summed E-state index contributed by atoms with van der Waals surface area (Å²) in [5.41, 5.74) is 0. The van der Waals surface area contributed by atoms with E-state index in [1.165, 1.54) is 4.90 Å². The second-order valence-electron chi connectivity index (χ2n) is 5.22. The molecule has 2 aliphatic rings. The van der Waals surface area contributed by atoms with E-state index in [-0.39, 0.29) is 18.5 Å². The van der Waals surface area contributed by atoms with Gasteiger partial charge in [-0.25, -0.2) is 13.6 Å². The predicted molar refractivity (Wildman–Crippen MR) is 72.4 cm³/mol. The molecule has 0 saturated carbocycles. The highest BCUT2D eigenvalue weighted by atomic mass is 32.2. The van der Waals surface area contributed by atoms with Crippen LogP contribution >= 0.6 is 11.9 Å². The minimum absolute atomic E-state index is 0.108. The maximum atomic E-state index is 13.3. The Morgan fingerprint density at radius 2 is 2.00 bits per heavy atom. The minimum Gasteiger partial charge on any atom is -0.335 e. The van der Waals surface area contributed by atoms with Crippen molar-refractivity contribution >= 4 is 18.0 Å². The first kappa shape index (κ1) is 14.8. The zero-order valence-corrected chi connectivity index (χ0v) is 12.0. The monoisotopic (exact) mass is 293 g/mol. The molecule has 0 atom stereocenters. The first-order valence-corrected chi connectivity index (χ1v) is 7.91. The maximum absolute atomic E-state index is 13.3. The summed E-state index contributed by atoms with van der Waals surface area (Å²) in [5, 5.41) is 2.89. The van der Waals surface area contributed by atoms with Crippen LogP contribution in [0, 0.1) is 0 Å². The van der Waals surface area contributed by atoms with Crippen molar-refractivity contribution in [3.63, 3.8) is 0 Å². The van der Waals surface area contributed by atoms with Crippen LogP contribution in [0.25, 0.3) is 0 Å². The molecule has 110 valence electrons. The third-order valence-corrected chi connectivity index (χ3v) is 4.60. The quantitative estimate of drug-likeness (QED) is 0.793. The molecule has 19 heavy (non-hydrogen) atoms. The van der Waals surface area contributed by atoms with E-state index < -0.39 is 12.5 Å². The van der Waals surface area contributed by atoms with Gasteiger partial charge in [-0.05, 0) is 25.5 Å². The molecule has 7 heteroatoms. The molecule has 0 aliphatic carbocycles. The van der Waals surface area contributed by atoms with E-state index in [0.29, 0.717) is 13.0 Å². The number of halogens is 2. The van der Waals surface area contributed by atoms with Crippen LogP contribution in [0.2, 0.25) is 0 Å². The highest BCUT2D eigenvalue weighted by molar-refractivity contribution is 7.96. The van der Waals surface area contributed by atoms with Crippen LogP contribution in [0.4, 0.5) is 13.6 Å². The summed E-state index contributed by atoms with van der Waals surface area (Å²) in [6.07, 6.45) is 4.08. The van der Waals surface area contributed by atoms with Gasteiger partial charge in [-0.2, -0.15) is 0 Å². The van der Waals surface area contributed by atoms with Gasteiger partial charge in [0, 0.05) is 32.1 Å². The Balaban J connectivity index is 1.78. The van der Waals surface area contributed by atoms with E-state index in [1.54, 1.807) is 11.9 Å². The van der Waals surface area contributed by atoms with E-state index in [0.717, 1.165) is 25.9 Å². The minimum atomic E-state index is -2.72. The van der Waals surface area contributed by atoms with Gasteiger partial charge in [0.15, 0.2) is 0 Å². The molecule has 2 fully saturated rings. The molecule has 2 rings (SSSR count). The summed E-state index contributed by atoms with van der Waals surface area (Å²) in [5.74, 6) is -2.72. The van der Waals surface area contributed by atoms with E-state index in [9.17, 15) is 13.6 Å². The number of amides is 2. The van der Waals surface area contributed by atoms with Crippen molar-refractivity contribution in [2.75, 3.05) is 32.4 Å². The largest absolute Gasteiger partial charge is 0.335 e. The lowest BCUT2D eigenvalue weighted by atomic mass is 10.1. The van der Waals surface area contributed by atoms with Crippen molar-refractivity contribution in [3.05, 3.63) is 0 Å². The first-order valence-electron chi connectivity index (χ1n) is 6.72. The van der Waals surface area contributed by atoms with Gasteiger partial charge in [-0.15, -0.1) is 0 Å². The summed E-state index contributed by atoms with van der Waals surface area (Å²) in [7, 11) is 0. The molecule has 0 aromatic carbocycles. The molecule has 0 radical (unpaired) electrons. The highest BCUT2D eigenvalue weighted by Crippen LogP contribution is 2.26. The third-order valence-electron chi connectivity index (χ3n) is 3.72. The van der Waals surface area contributed by atoms with Gasteiger partial charge in [0.05, 0.1) is 6.54 Å². The molecular formula is C12H21F2N3OS. The van der Waals surface area contributed by atoms with Gasteiger partial charge in [-0.3, -0.25) is 4.31 Å². The smallest absolute Gasteiger partial charge is 0.317 e. The maximum Gasteiger partial charge on any atom is 0.317 e. The third kappa shape index (κ3) is 4.21. The molecular weight excluding hydrogens is 272 g/mol. The molecule has 0 unspecified atom stereocenters. The molecule has 4 nitrogen and oxygen atoms in total. The Bertz CT molecular complexity index is 322. The molecule has 0 aromatic rings. The predicted octanol–water partition coefficient (Wildman–Crippen LogP) is 2.17. The Morgan fingerprint density at radius 3 is 2.58 bits per heavy atom. The fraction of sp³-hybridized carbons (Fsp3) is 0.917. The van der Waals surface area contributed by atoms with Gasteiger partial charge in [0.1, 0.15) is 0 Å². The number of urea groups is 1. The van der Waals surface area contributed by atoms with E-state index in [4.69, 9.17) is 0 Å². The molecule has 0 aromatic heterocycles. The van der Waals surface area contributed by atoms with Crippen molar-refractivity contribution in [2.24, 2.45) is 0 Å². The number of hydrogen-bond acceptors (Lipinski definition) is 3. The molecule has 2 amide bonds. The van der Waals surface area contributed by atoms with Crippen LogP contribution in [0.1, 0.15) is 25.7 Å². The van der Waals surface area contributed by atoms with Gasteiger partial charge in [0.2, 0.25) is 0 Å². The average Bonchev–Trinajstić information content (AvgIpc) is 2.38. The van der Waals surface area contributed by atoms with Crippen LogP contribution < -0.4 is 5.32 Å². The Morgan fingerprint density at radius 1 is 1.32 bits per heavy atom. The summed E-state index contributed by atoms with van der Waals surface area (Å²) in [6, 6.07) is -0.214.